The minimum atomic E-state index is -2.64. The second kappa shape index (κ2) is 7.76. The van der Waals surface area contributed by atoms with Crippen LogP contribution in [0.5, 0.6) is 11.5 Å². The van der Waals surface area contributed by atoms with Gasteiger partial charge in [0, 0.05) is 38.1 Å². The lowest BCUT2D eigenvalue weighted by molar-refractivity contribution is -0.134. The number of nitrogens with zero attached hydrogens (tertiary/aromatic N) is 2. The second-order valence-corrected chi connectivity index (χ2v) is 10.2. The molecule has 0 radical (unpaired) electrons. The number of Topliss-reactive ketones (excluding diaryl/α,β-unsaturated/α-hetero) is 2. The van der Waals surface area contributed by atoms with Gasteiger partial charge in [-0.25, -0.2) is 0 Å². The number of phenols is 2. The van der Waals surface area contributed by atoms with Gasteiger partial charge in [-0.15, -0.1) is 0 Å². The van der Waals surface area contributed by atoms with E-state index in [1.54, 1.807) is 18.2 Å². The zero-order valence-corrected chi connectivity index (χ0v) is 19.5. The van der Waals surface area contributed by atoms with Crippen molar-refractivity contribution in [2.45, 2.75) is 36.9 Å². The Balaban J connectivity index is 1.51. The average molecular weight is 494 g/mol. The maximum atomic E-state index is 13.8. The van der Waals surface area contributed by atoms with Crippen molar-refractivity contribution >= 4 is 28.2 Å². The molecule has 1 unspecified atom stereocenters. The van der Waals surface area contributed by atoms with Gasteiger partial charge in [0.1, 0.15) is 22.8 Å². The van der Waals surface area contributed by atoms with Crippen molar-refractivity contribution in [3.63, 3.8) is 0 Å². The summed E-state index contributed by atoms with van der Waals surface area (Å²) in [5.41, 5.74) is 2.14. The number of fused-ring (bicyclic) bond motifs is 3. The van der Waals surface area contributed by atoms with Crippen LogP contribution in [0.3, 0.4) is 0 Å². The number of phenolic OH excluding ortho intramolecular Hbond substituents is 2. The van der Waals surface area contributed by atoms with Crippen LogP contribution in [0.1, 0.15) is 28.8 Å². The summed E-state index contributed by atoms with van der Waals surface area (Å²) in [5, 5.41) is 44.6. The molecular weight excluding hydrogens is 466 g/mol. The van der Waals surface area contributed by atoms with Crippen LogP contribution in [0.15, 0.2) is 35.6 Å². The number of hydrogen-bond donors (Lipinski definition) is 5. The Bertz CT molecular complexity index is 1370. The first kappa shape index (κ1) is 23.0. The van der Waals surface area contributed by atoms with E-state index in [0.717, 1.165) is 12.8 Å². The smallest absolute Gasteiger partial charge is 0.255 e. The molecule has 2 aromatic carbocycles. The fourth-order valence-corrected chi connectivity index (χ4v) is 6.37. The lowest BCUT2D eigenvalue weighted by Crippen LogP contribution is -2.67. The highest BCUT2D eigenvalue weighted by Gasteiger charge is 2.62. The second-order valence-electron chi connectivity index (χ2n) is 10.2. The molecule has 6 N–H and O–H groups in total. The SMILES string of the molecule is NC(=O)C1=C(O)[C@@]2(O)C(=O)c3c(cc4cccc(O)c4c3O)C[C@H]2C(N2CCN(C3CC3)CC2)C1=O. The molecule has 10 nitrogen and oxygen atoms in total. The van der Waals surface area contributed by atoms with Crippen molar-refractivity contribution in [1.82, 2.24) is 9.80 Å². The topological polar surface area (TPSA) is 165 Å². The zero-order chi connectivity index (χ0) is 25.5. The van der Waals surface area contributed by atoms with Gasteiger partial charge in [-0.2, -0.15) is 0 Å². The molecule has 1 saturated carbocycles. The number of rotatable bonds is 3. The van der Waals surface area contributed by atoms with Crippen LogP contribution in [-0.2, 0) is 16.0 Å². The Labute approximate surface area is 206 Å². The first-order valence-corrected chi connectivity index (χ1v) is 12.1. The number of ketones is 2. The maximum absolute atomic E-state index is 13.8. The van der Waals surface area contributed by atoms with Crippen molar-refractivity contribution in [3.05, 3.63) is 46.7 Å². The van der Waals surface area contributed by atoms with E-state index in [1.807, 2.05) is 4.90 Å². The Morgan fingerprint density at radius 1 is 1.03 bits per heavy atom. The number of carbonyl (C=O) groups excluding carboxylic acids is 3. The molecule has 0 aromatic heterocycles. The molecule has 1 heterocycles. The number of aliphatic hydroxyl groups is 2. The van der Waals surface area contributed by atoms with Gasteiger partial charge in [-0.05, 0) is 36.3 Å². The molecule has 1 aliphatic heterocycles. The molecule has 4 aliphatic rings. The molecule has 3 atom stereocenters. The van der Waals surface area contributed by atoms with Crippen molar-refractivity contribution in [3.8, 4) is 11.5 Å². The normalized spacial score (nSPS) is 29.4. The molecule has 10 heteroatoms. The summed E-state index contributed by atoms with van der Waals surface area (Å²) in [4.78, 5) is 43.9. The number of nitrogens with two attached hydrogens (primary N) is 1. The molecule has 188 valence electrons. The van der Waals surface area contributed by atoms with Crippen LogP contribution < -0.4 is 5.73 Å². The largest absolute Gasteiger partial charge is 0.508 e. The minimum absolute atomic E-state index is 0.0217. The molecule has 0 bridgehead atoms. The van der Waals surface area contributed by atoms with E-state index in [2.05, 4.69) is 4.90 Å². The van der Waals surface area contributed by atoms with Crippen LogP contribution in [0, 0.1) is 5.92 Å². The highest BCUT2D eigenvalue weighted by molar-refractivity contribution is 6.25. The van der Waals surface area contributed by atoms with Crippen LogP contribution in [0.4, 0.5) is 0 Å². The van der Waals surface area contributed by atoms with E-state index in [9.17, 15) is 34.8 Å². The number of carbonyl (C=O) groups is 3. The number of benzene rings is 2. The number of aliphatic hydroxyl groups excluding tert-OH is 1. The molecule has 2 fully saturated rings. The summed E-state index contributed by atoms with van der Waals surface area (Å²) in [6.45, 7) is 2.39. The average Bonchev–Trinajstić information content (AvgIpc) is 3.67. The van der Waals surface area contributed by atoms with Crippen LogP contribution in [0.2, 0.25) is 0 Å². The van der Waals surface area contributed by atoms with Gasteiger partial charge in [0.25, 0.3) is 5.91 Å². The van der Waals surface area contributed by atoms with Crippen LogP contribution in [-0.4, -0.2) is 91.6 Å². The number of primary amides is 1. The first-order chi connectivity index (χ1) is 17.1. The molecule has 0 spiro atoms. The third-order valence-electron chi connectivity index (χ3n) is 8.29. The van der Waals surface area contributed by atoms with Gasteiger partial charge in [-0.3, -0.25) is 24.2 Å². The molecule has 6 rings (SSSR count). The van der Waals surface area contributed by atoms with Crippen molar-refractivity contribution in [2.24, 2.45) is 11.7 Å². The number of amides is 1. The Kier molecular flexibility index (Phi) is 4.95. The molecular formula is C26H27N3O7. The highest BCUT2D eigenvalue weighted by atomic mass is 16.3. The lowest BCUT2D eigenvalue weighted by Gasteiger charge is -2.50. The van der Waals surface area contributed by atoms with Gasteiger partial charge < -0.3 is 26.2 Å². The van der Waals surface area contributed by atoms with Gasteiger partial charge in [0.2, 0.25) is 5.78 Å². The van der Waals surface area contributed by atoms with Crippen molar-refractivity contribution < 1.29 is 34.8 Å². The quantitative estimate of drug-likeness (QED) is 0.380. The number of piperazine rings is 1. The van der Waals surface area contributed by atoms with E-state index >= 15 is 0 Å². The summed E-state index contributed by atoms with van der Waals surface area (Å²) < 4.78 is 0. The highest BCUT2D eigenvalue weighted by Crippen LogP contribution is 2.49. The minimum Gasteiger partial charge on any atom is -0.508 e. The van der Waals surface area contributed by atoms with Crippen molar-refractivity contribution in [2.75, 3.05) is 26.2 Å². The Hall–Kier alpha value is -3.47. The summed E-state index contributed by atoms with van der Waals surface area (Å²) in [6, 6.07) is 5.76. The monoisotopic (exact) mass is 493 g/mol. The van der Waals surface area contributed by atoms with E-state index < -0.39 is 52.1 Å². The van der Waals surface area contributed by atoms with E-state index in [1.165, 1.54) is 6.07 Å². The molecule has 1 amide bonds. The zero-order valence-electron chi connectivity index (χ0n) is 19.5. The lowest BCUT2D eigenvalue weighted by atomic mass is 9.61. The summed E-state index contributed by atoms with van der Waals surface area (Å²) in [5.74, 6) is -5.95. The molecule has 36 heavy (non-hydrogen) atoms. The van der Waals surface area contributed by atoms with Crippen LogP contribution >= 0.6 is 0 Å². The van der Waals surface area contributed by atoms with E-state index in [4.69, 9.17) is 5.73 Å². The van der Waals surface area contributed by atoms with E-state index in [-0.39, 0.29) is 23.1 Å². The number of hydrogen-bond acceptors (Lipinski definition) is 9. The molecule has 2 aromatic rings. The first-order valence-electron chi connectivity index (χ1n) is 12.1. The third kappa shape index (κ3) is 3.04. The predicted octanol–water partition coefficient (Wildman–Crippen LogP) is 0.366. The molecule has 3 aliphatic carbocycles. The van der Waals surface area contributed by atoms with E-state index in [0.29, 0.717) is 43.2 Å². The predicted molar refractivity (Wildman–Crippen MR) is 128 cm³/mol. The Morgan fingerprint density at radius 3 is 2.33 bits per heavy atom. The molecule has 1 saturated heterocycles. The number of aromatic hydroxyl groups is 2. The fourth-order valence-electron chi connectivity index (χ4n) is 6.37. The fraction of sp³-hybridized carbons (Fsp3) is 0.423. The van der Waals surface area contributed by atoms with Gasteiger partial charge in [0.05, 0.1) is 17.0 Å². The van der Waals surface area contributed by atoms with Gasteiger partial charge in [0.15, 0.2) is 11.4 Å². The van der Waals surface area contributed by atoms with Gasteiger partial charge in [-0.1, -0.05) is 18.2 Å². The maximum Gasteiger partial charge on any atom is 0.255 e. The summed E-state index contributed by atoms with van der Waals surface area (Å²) in [7, 11) is 0. The Morgan fingerprint density at radius 2 is 1.69 bits per heavy atom. The van der Waals surface area contributed by atoms with Crippen LogP contribution in [0.25, 0.3) is 10.8 Å². The third-order valence-corrected chi connectivity index (χ3v) is 8.29. The standard InChI is InChI=1S/C26H27N3O7/c27-25(35)19-22(32)20(29-8-6-28(7-9-29)14-4-5-14)15-11-13-10-12-2-1-3-16(30)17(12)21(31)18(13)23(33)26(15,36)24(19)34/h1-3,10,14-15,20,30-31,34,36H,4-9,11H2,(H2,27,35)/t15-,20?,26-/m0/s1. The van der Waals surface area contributed by atoms with Crippen molar-refractivity contribution in [1.29, 1.82) is 0 Å². The summed E-state index contributed by atoms with van der Waals surface area (Å²) in [6.07, 6.45) is 2.27. The summed E-state index contributed by atoms with van der Waals surface area (Å²) >= 11 is 0. The van der Waals surface area contributed by atoms with Gasteiger partial charge >= 0.3 is 0 Å².